The van der Waals surface area contributed by atoms with Gasteiger partial charge in [0.25, 0.3) is 5.91 Å². The summed E-state index contributed by atoms with van der Waals surface area (Å²) in [6, 6.07) is 7.01. The minimum atomic E-state index is -0.354. The number of carbonyl (C=O) groups excluding carboxylic acids is 1. The first-order valence-electron chi connectivity index (χ1n) is 5.65. The van der Waals surface area contributed by atoms with Gasteiger partial charge >= 0.3 is 0 Å². The molecule has 0 radical (unpaired) electrons. The van der Waals surface area contributed by atoms with Crippen LogP contribution in [0.5, 0.6) is 5.75 Å². The Hall–Kier alpha value is -1.59. The predicted molar refractivity (Wildman–Crippen MR) is 62.6 cm³/mol. The van der Waals surface area contributed by atoms with Crippen LogP contribution >= 0.6 is 0 Å². The van der Waals surface area contributed by atoms with E-state index in [9.17, 15) is 4.79 Å². The van der Waals surface area contributed by atoms with Crippen LogP contribution in [0.2, 0.25) is 0 Å². The summed E-state index contributed by atoms with van der Waals surface area (Å²) in [5.41, 5.74) is 2.54. The fraction of sp³-hybridized carbons (Fsp3) is 0.417. The molecule has 1 unspecified atom stereocenters. The van der Waals surface area contributed by atoms with Crippen molar-refractivity contribution in [1.29, 1.82) is 0 Å². The van der Waals surface area contributed by atoms with Crippen molar-refractivity contribution in [2.24, 2.45) is 5.84 Å². The molecule has 1 fully saturated rings. The van der Waals surface area contributed by atoms with Gasteiger partial charge in [-0.3, -0.25) is 10.2 Å². The van der Waals surface area contributed by atoms with Gasteiger partial charge < -0.3 is 9.47 Å². The zero-order chi connectivity index (χ0) is 12.1. The highest BCUT2D eigenvalue weighted by molar-refractivity contribution is 5.96. The highest BCUT2D eigenvalue weighted by Crippen LogP contribution is 2.20. The lowest BCUT2D eigenvalue weighted by atomic mass is 10.2. The van der Waals surface area contributed by atoms with E-state index in [2.05, 4.69) is 5.43 Å². The maximum Gasteiger partial charge on any atom is 0.268 e. The van der Waals surface area contributed by atoms with E-state index in [0.717, 1.165) is 19.4 Å². The molecule has 0 aliphatic carbocycles. The van der Waals surface area contributed by atoms with Gasteiger partial charge in [-0.05, 0) is 25.0 Å². The lowest BCUT2D eigenvalue weighted by molar-refractivity contribution is 0.0670. The van der Waals surface area contributed by atoms with Crippen molar-refractivity contribution < 1.29 is 14.3 Å². The molecular weight excluding hydrogens is 220 g/mol. The van der Waals surface area contributed by atoms with Crippen LogP contribution < -0.4 is 16.0 Å². The zero-order valence-corrected chi connectivity index (χ0v) is 9.52. The van der Waals surface area contributed by atoms with Crippen molar-refractivity contribution in [1.82, 2.24) is 5.43 Å². The summed E-state index contributed by atoms with van der Waals surface area (Å²) in [6.45, 7) is 1.26. The van der Waals surface area contributed by atoms with E-state index < -0.39 is 0 Å². The fourth-order valence-corrected chi connectivity index (χ4v) is 1.82. The van der Waals surface area contributed by atoms with E-state index in [4.69, 9.17) is 15.3 Å². The summed E-state index contributed by atoms with van der Waals surface area (Å²) < 4.78 is 11.1. The minimum absolute atomic E-state index is 0.129. The van der Waals surface area contributed by atoms with E-state index in [1.807, 2.05) is 6.07 Å². The van der Waals surface area contributed by atoms with Gasteiger partial charge in [0, 0.05) is 6.61 Å². The minimum Gasteiger partial charge on any atom is -0.490 e. The lowest BCUT2D eigenvalue weighted by Crippen LogP contribution is -2.30. The largest absolute Gasteiger partial charge is 0.490 e. The second-order valence-corrected chi connectivity index (χ2v) is 3.92. The molecule has 2 rings (SSSR count). The van der Waals surface area contributed by atoms with Crippen molar-refractivity contribution in [2.45, 2.75) is 18.9 Å². The molecule has 1 aliphatic heterocycles. The second kappa shape index (κ2) is 5.65. The van der Waals surface area contributed by atoms with Gasteiger partial charge in [0.15, 0.2) is 0 Å². The molecular formula is C12H16N2O3. The first-order chi connectivity index (χ1) is 8.31. The molecule has 92 valence electrons. The van der Waals surface area contributed by atoms with Crippen LogP contribution in [0, 0.1) is 0 Å². The molecule has 0 bridgehead atoms. The van der Waals surface area contributed by atoms with Gasteiger partial charge in [0.05, 0.1) is 11.7 Å². The van der Waals surface area contributed by atoms with Gasteiger partial charge in [-0.1, -0.05) is 12.1 Å². The molecule has 1 saturated heterocycles. The van der Waals surface area contributed by atoms with E-state index in [0.29, 0.717) is 17.9 Å². The summed E-state index contributed by atoms with van der Waals surface area (Å²) in [5.74, 6) is 5.29. The van der Waals surface area contributed by atoms with Crippen LogP contribution in [0.25, 0.3) is 0 Å². The van der Waals surface area contributed by atoms with Crippen LogP contribution in [0.1, 0.15) is 23.2 Å². The predicted octanol–water partition coefficient (Wildman–Crippen LogP) is 0.848. The molecule has 1 aromatic rings. The number of carbonyl (C=O) groups is 1. The summed E-state index contributed by atoms with van der Waals surface area (Å²) in [6.07, 6.45) is 2.20. The molecule has 1 aliphatic rings. The first kappa shape index (κ1) is 11.9. The molecule has 0 aromatic heterocycles. The van der Waals surface area contributed by atoms with Gasteiger partial charge in [0.1, 0.15) is 12.4 Å². The topological polar surface area (TPSA) is 73.6 Å². The number of nitrogens with one attached hydrogen (secondary N) is 1. The average Bonchev–Trinajstić information content (AvgIpc) is 2.89. The molecule has 5 nitrogen and oxygen atoms in total. The number of hydrogen-bond donors (Lipinski definition) is 2. The van der Waals surface area contributed by atoms with Gasteiger partial charge in [-0.15, -0.1) is 0 Å². The number of hydrazine groups is 1. The molecule has 1 heterocycles. The maximum absolute atomic E-state index is 11.5. The third-order valence-corrected chi connectivity index (χ3v) is 2.71. The Morgan fingerprint density at radius 1 is 1.53 bits per heavy atom. The summed E-state index contributed by atoms with van der Waals surface area (Å²) in [7, 11) is 0. The summed E-state index contributed by atoms with van der Waals surface area (Å²) in [5, 5.41) is 0. The van der Waals surface area contributed by atoms with Crippen molar-refractivity contribution in [3.63, 3.8) is 0 Å². The van der Waals surface area contributed by atoms with Crippen LogP contribution in [0.4, 0.5) is 0 Å². The SMILES string of the molecule is NNC(=O)c1ccccc1OCC1CCCO1. The van der Waals surface area contributed by atoms with Crippen LogP contribution in [0.3, 0.4) is 0 Å². The summed E-state index contributed by atoms with van der Waals surface area (Å²) >= 11 is 0. The van der Waals surface area contributed by atoms with E-state index >= 15 is 0 Å². The fourth-order valence-electron chi connectivity index (χ4n) is 1.82. The van der Waals surface area contributed by atoms with E-state index in [1.54, 1.807) is 18.2 Å². The molecule has 0 spiro atoms. The highest BCUT2D eigenvalue weighted by atomic mass is 16.5. The third-order valence-electron chi connectivity index (χ3n) is 2.71. The average molecular weight is 236 g/mol. The molecule has 0 saturated carbocycles. The maximum atomic E-state index is 11.5. The van der Waals surface area contributed by atoms with Gasteiger partial charge in [0.2, 0.25) is 0 Å². The molecule has 3 N–H and O–H groups in total. The number of nitrogens with two attached hydrogens (primary N) is 1. The standard InChI is InChI=1S/C12H16N2O3/c13-14-12(15)10-5-1-2-6-11(10)17-8-9-4-3-7-16-9/h1-2,5-6,9H,3-4,7-8,13H2,(H,14,15). The van der Waals surface area contributed by atoms with Crippen molar-refractivity contribution in [3.05, 3.63) is 29.8 Å². The lowest BCUT2D eigenvalue weighted by Gasteiger charge is -2.13. The van der Waals surface area contributed by atoms with Crippen molar-refractivity contribution >= 4 is 5.91 Å². The quantitative estimate of drug-likeness (QED) is 0.462. The number of amides is 1. The third kappa shape index (κ3) is 2.95. The number of ether oxygens (including phenoxy) is 2. The molecule has 1 atom stereocenters. The van der Waals surface area contributed by atoms with Crippen molar-refractivity contribution in [2.75, 3.05) is 13.2 Å². The van der Waals surface area contributed by atoms with E-state index in [-0.39, 0.29) is 12.0 Å². The monoisotopic (exact) mass is 236 g/mol. The Balaban J connectivity index is 2.01. The van der Waals surface area contributed by atoms with Gasteiger partial charge in [-0.2, -0.15) is 0 Å². The first-order valence-corrected chi connectivity index (χ1v) is 5.65. The Morgan fingerprint density at radius 2 is 2.35 bits per heavy atom. The van der Waals surface area contributed by atoms with Gasteiger partial charge in [-0.25, -0.2) is 5.84 Å². The highest BCUT2D eigenvalue weighted by Gasteiger charge is 2.17. The van der Waals surface area contributed by atoms with E-state index in [1.165, 1.54) is 0 Å². The second-order valence-electron chi connectivity index (χ2n) is 3.92. The Kier molecular flexibility index (Phi) is 3.95. The molecule has 5 heteroatoms. The smallest absolute Gasteiger partial charge is 0.268 e. The molecule has 1 amide bonds. The Morgan fingerprint density at radius 3 is 3.06 bits per heavy atom. The summed E-state index contributed by atoms with van der Waals surface area (Å²) in [4.78, 5) is 11.5. The molecule has 1 aromatic carbocycles. The Bertz CT molecular complexity index is 389. The molecule has 17 heavy (non-hydrogen) atoms. The zero-order valence-electron chi connectivity index (χ0n) is 9.52. The number of nitrogen functional groups attached to an aromatic ring is 1. The van der Waals surface area contributed by atoms with Crippen LogP contribution in [0.15, 0.2) is 24.3 Å². The van der Waals surface area contributed by atoms with Crippen molar-refractivity contribution in [3.8, 4) is 5.75 Å². The number of hydrogen-bond acceptors (Lipinski definition) is 4. The number of rotatable bonds is 4. The van der Waals surface area contributed by atoms with Crippen LogP contribution in [-0.4, -0.2) is 25.2 Å². The van der Waals surface area contributed by atoms with Crippen LogP contribution in [-0.2, 0) is 4.74 Å². The normalized spacial score (nSPS) is 19.0. The number of benzene rings is 1. The number of para-hydroxylation sites is 1. The Labute approximate surface area is 99.9 Å².